The van der Waals surface area contributed by atoms with Crippen LogP contribution in [0.5, 0.6) is 0 Å². The van der Waals surface area contributed by atoms with Crippen LogP contribution in [0.4, 0.5) is 0 Å². The zero-order valence-electron chi connectivity index (χ0n) is 16.4. The van der Waals surface area contributed by atoms with Crippen molar-refractivity contribution in [3.8, 4) is 0 Å². The van der Waals surface area contributed by atoms with Gasteiger partial charge >= 0.3 is 7.82 Å². The zero-order valence-corrected chi connectivity index (χ0v) is 17.3. The molecule has 0 radical (unpaired) electrons. The second-order valence-corrected chi connectivity index (χ2v) is 11.0. The van der Waals surface area contributed by atoms with Gasteiger partial charge in [-0.2, -0.15) is 0 Å². The van der Waals surface area contributed by atoms with E-state index in [1.165, 1.54) is 12.8 Å². The molecule has 0 saturated heterocycles. The van der Waals surface area contributed by atoms with Crippen LogP contribution in [0.1, 0.15) is 98.8 Å². The standard InChI is InChI=1S/C19H37O4P/c1-17(2,3)16-21-24(20,22-18(4)12-8-6-9-13-18)23-19(5)14-10-7-11-15-19/h6-16H2,1-5H3. The number of phosphoric ester groups is 1. The fourth-order valence-electron chi connectivity index (χ4n) is 3.67. The van der Waals surface area contributed by atoms with Crippen LogP contribution in [0, 0.1) is 5.41 Å². The largest absolute Gasteiger partial charge is 0.475 e. The van der Waals surface area contributed by atoms with Crippen LogP contribution in [0.15, 0.2) is 0 Å². The molecule has 0 heterocycles. The normalized spacial score (nSPS) is 24.7. The van der Waals surface area contributed by atoms with E-state index >= 15 is 0 Å². The highest BCUT2D eigenvalue weighted by atomic mass is 31.2. The van der Waals surface area contributed by atoms with Crippen molar-refractivity contribution in [1.82, 2.24) is 0 Å². The zero-order chi connectivity index (χ0) is 17.9. The van der Waals surface area contributed by atoms with E-state index in [1.807, 2.05) is 0 Å². The molecule has 0 aliphatic heterocycles. The highest BCUT2D eigenvalue weighted by molar-refractivity contribution is 7.48. The molecular weight excluding hydrogens is 323 g/mol. The average molecular weight is 360 g/mol. The molecule has 2 aliphatic carbocycles. The van der Waals surface area contributed by atoms with Crippen molar-refractivity contribution in [3.05, 3.63) is 0 Å². The quantitative estimate of drug-likeness (QED) is 0.498. The Morgan fingerprint density at radius 3 is 1.50 bits per heavy atom. The first-order chi connectivity index (χ1) is 11.0. The molecule has 2 rings (SSSR count). The summed E-state index contributed by atoms with van der Waals surface area (Å²) in [5, 5.41) is 0. The molecule has 0 amide bonds. The molecule has 0 aromatic rings. The Morgan fingerprint density at radius 1 is 0.792 bits per heavy atom. The Morgan fingerprint density at radius 2 is 1.17 bits per heavy atom. The monoisotopic (exact) mass is 360 g/mol. The van der Waals surface area contributed by atoms with Crippen molar-refractivity contribution >= 4 is 7.82 Å². The third-order valence-corrected chi connectivity index (χ3v) is 6.92. The number of phosphoric acid groups is 1. The summed E-state index contributed by atoms with van der Waals surface area (Å²) in [4.78, 5) is 0. The van der Waals surface area contributed by atoms with Crippen LogP contribution in [0.2, 0.25) is 0 Å². The maximum atomic E-state index is 13.5. The summed E-state index contributed by atoms with van der Waals surface area (Å²) in [5.74, 6) is 0. The maximum Gasteiger partial charge on any atom is 0.475 e. The molecule has 0 unspecified atom stereocenters. The number of hydrogen-bond donors (Lipinski definition) is 0. The van der Waals surface area contributed by atoms with Gasteiger partial charge in [0, 0.05) is 0 Å². The van der Waals surface area contributed by atoms with Gasteiger partial charge in [-0.25, -0.2) is 4.57 Å². The predicted molar refractivity (Wildman–Crippen MR) is 98.2 cm³/mol. The first-order valence-corrected chi connectivity index (χ1v) is 11.2. The minimum atomic E-state index is -3.58. The summed E-state index contributed by atoms with van der Waals surface area (Å²) >= 11 is 0. The summed E-state index contributed by atoms with van der Waals surface area (Å²) in [6, 6.07) is 0. The van der Waals surface area contributed by atoms with Gasteiger partial charge < -0.3 is 0 Å². The lowest BCUT2D eigenvalue weighted by Crippen LogP contribution is -2.35. The second-order valence-electron chi connectivity index (χ2n) is 9.49. The Balaban J connectivity index is 2.12. The Labute approximate surface area is 148 Å². The van der Waals surface area contributed by atoms with Crippen LogP contribution in [-0.4, -0.2) is 17.8 Å². The minimum Gasteiger partial charge on any atom is -0.286 e. The van der Waals surface area contributed by atoms with Crippen molar-refractivity contribution < 1.29 is 18.1 Å². The van der Waals surface area contributed by atoms with Crippen molar-refractivity contribution in [3.63, 3.8) is 0 Å². The van der Waals surface area contributed by atoms with E-state index < -0.39 is 19.0 Å². The lowest BCUT2D eigenvalue weighted by molar-refractivity contribution is -0.0519. The van der Waals surface area contributed by atoms with Gasteiger partial charge in [-0.05, 0) is 44.9 Å². The molecule has 2 aliphatic rings. The smallest absolute Gasteiger partial charge is 0.286 e. The topological polar surface area (TPSA) is 44.8 Å². The van der Waals surface area contributed by atoms with Gasteiger partial charge in [0.05, 0.1) is 17.8 Å². The molecule has 0 bridgehead atoms. The molecule has 0 spiro atoms. The summed E-state index contributed by atoms with van der Waals surface area (Å²) in [6.45, 7) is 10.7. The van der Waals surface area contributed by atoms with Crippen molar-refractivity contribution in [1.29, 1.82) is 0 Å². The van der Waals surface area contributed by atoms with E-state index in [9.17, 15) is 4.57 Å². The highest BCUT2D eigenvalue weighted by Crippen LogP contribution is 2.59. The van der Waals surface area contributed by atoms with Gasteiger partial charge in [-0.3, -0.25) is 13.6 Å². The first-order valence-electron chi connectivity index (χ1n) is 9.69. The van der Waals surface area contributed by atoms with Crippen LogP contribution < -0.4 is 0 Å². The number of rotatable bonds is 6. The Bertz CT molecular complexity index is 413. The molecule has 0 N–H and O–H groups in total. The van der Waals surface area contributed by atoms with E-state index in [0.29, 0.717) is 6.61 Å². The molecule has 0 aromatic carbocycles. The van der Waals surface area contributed by atoms with Gasteiger partial charge in [0.15, 0.2) is 0 Å². The van der Waals surface area contributed by atoms with Gasteiger partial charge in [0.1, 0.15) is 0 Å². The molecule has 142 valence electrons. The first kappa shape index (κ1) is 20.4. The molecule has 2 fully saturated rings. The van der Waals surface area contributed by atoms with Crippen molar-refractivity contribution in [2.45, 2.75) is 110 Å². The Hall–Kier alpha value is 0.110. The van der Waals surface area contributed by atoms with Gasteiger partial charge in [-0.1, -0.05) is 59.3 Å². The maximum absolute atomic E-state index is 13.5. The average Bonchev–Trinajstić information content (AvgIpc) is 2.45. The third kappa shape index (κ3) is 6.44. The van der Waals surface area contributed by atoms with Crippen molar-refractivity contribution in [2.24, 2.45) is 5.41 Å². The van der Waals surface area contributed by atoms with E-state index in [2.05, 4.69) is 34.6 Å². The van der Waals surface area contributed by atoms with E-state index in [1.54, 1.807) is 0 Å². The van der Waals surface area contributed by atoms with Crippen LogP contribution in [0.3, 0.4) is 0 Å². The predicted octanol–water partition coefficient (Wildman–Crippen LogP) is 6.64. The summed E-state index contributed by atoms with van der Waals surface area (Å²) < 4.78 is 31.7. The molecule has 24 heavy (non-hydrogen) atoms. The second kappa shape index (κ2) is 7.78. The van der Waals surface area contributed by atoms with Gasteiger partial charge in [-0.15, -0.1) is 0 Å². The molecule has 4 nitrogen and oxygen atoms in total. The molecule has 5 heteroatoms. The molecule has 0 aromatic heterocycles. The fraction of sp³-hybridized carbons (Fsp3) is 1.00. The summed E-state index contributed by atoms with van der Waals surface area (Å²) in [7, 11) is -3.58. The lowest BCUT2D eigenvalue weighted by atomic mass is 9.87. The van der Waals surface area contributed by atoms with Crippen LogP contribution >= 0.6 is 7.82 Å². The van der Waals surface area contributed by atoms with E-state index in [0.717, 1.165) is 51.4 Å². The lowest BCUT2D eigenvalue weighted by Gasteiger charge is -2.40. The molecule has 0 atom stereocenters. The minimum absolute atomic E-state index is 0.0800. The highest BCUT2D eigenvalue weighted by Gasteiger charge is 2.44. The SMILES string of the molecule is CC(C)(C)COP(=O)(OC1(C)CCCCC1)OC1(C)CCCCC1. The van der Waals surface area contributed by atoms with Gasteiger partial charge in [0.2, 0.25) is 0 Å². The fourth-order valence-corrected chi connectivity index (χ4v) is 5.80. The Kier molecular flexibility index (Phi) is 6.62. The van der Waals surface area contributed by atoms with Gasteiger partial charge in [0.25, 0.3) is 0 Å². The third-order valence-electron chi connectivity index (χ3n) is 5.14. The molecular formula is C19H37O4P. The summed E-state index contributed by atoms with van der Waals surface area (Å²) in [5.41, 5.74) is -0.864. The number of hydrogen-bond acceptors (Lipinski definition) is 4. The van der Waals surface area contributed by atoms with Crippen LogP contribution in [0.25, 0.3) is 0 Å². The van der Waals surface area contributed by atoms with Crippen LogP contribution in [-0.2, 0) is 18.1 Å². The van der Waals surface area contributed by atoms with E-state index in [-0.39, 0.29) is 5.41 Å². The van der Waals surface area contributed by atoms with Crippen molar-refractivity contribution in [2.75, 3.05) is 6.61 Å². The van der Waals surface area contributed by atoms with E-state index in [4.69, 9.17) is 13.6 Å². The summed E-state index contributed by atoms with van der Waals surface area (Å²) in [6.07, 6.45) is 10.6. The molecule has 2 saturated carbocycles.